The lowest BCUT2D eigenvalue weighted by atomic mass is 9.91. The number of pyridine rings is 1. The van der Waals surface area contributed by atoms with Crippen molar-refractivity contribution < 1.29 is 0 Å². The van der Waals surface area contributed by atoms with Crippen molar-refractivity contribution in [3.05, 3.63) is 182 Å². The van der Waals surface area contributed by atoms with Gasteiger partial charge in [0.05, 0.1) is 17.1 Å². The third kappa shape index (κ3) is 4.33. The first-order chi connectivity index (χ1) is 25.3. The van der Waals surface area contributed by atoms with Gasteiger partial charge < -0.3 is 9.47 Å². The molecule has 0 amide bonds. The molecule has 11 rings (SSSR count). The maximum Gasteiger partial charge on any atom is 0.0629 e. The number of benzene rings is 6. The summed E-state index contributed by atoms with van der Waals surface area (Å²) in [4.78, 5) is 6.92. The van der Waals surface area contributed by atoms with Gasteiger partial charge in [0.2, 0.25) is 0 Å². The summed E-state index contributed by atoms with van der Waals surface area (Å²) in [6, 6.07) is 51.7. The van der Waals surface area contributed by atoms with Crippen molar-refractivity contribution in [2.75, 3.05) is 4.90 Å². The lowest BCUT2D eigenvalue weighted by molar-refractivity contribution is 0.745. The number of thiophene rings is 1. The molecule has 1 aliphatic carbocycles. The van der Waals surface area contributed by atoms with Gasteiger partial charge in [0.25, 0.3) is 0 Å². The van der Waals surface area contributed by atoms with Crippen LogP contribution in [0, 0.1) is 0 Å². The first-order valence-corrected chi connectivity index (χ1v) is 18.3. The van der Waals surface area contributed by atoms with Gasteiger partial charge in [-0.05, 0) is 82.4 Å². The van der Waals surface area contributed by atoms with Crippen LogP contribution in [0.2, 0.25) is 0 Å². The molecule has 0 radical (unpaired) electrons. The predicted octanol–water partition coefficient (Wildman–Crippen LogP) is 12.6. The van der Waals surface area contributed by atoms with Gasteiger partial charge >= 0.3 is 0 Å². The Morgan fingerprint density at radius 2 is 1.33 bits per heavy atom. The zero-order valence-electron chi connectivity index (χ0n) is 27.6. The molecule has 240 valence electrons. The largest absolute Gasteiger partial charge is 0.333 e. The van der Waals surface area contributed by atoms with Crippen LogP contribution in [0.5, 0.6) is 0 Å². The maximum atomic E-state index is 4.40. The Bertz CT molecular complexity index is 2910. The van der Waals surface area contributed by atoms with Gasteiger partial charge in [-0.15, -0.1) is 11.3 Å². The van der Waals surface area contributed by atoms with Gasteiger partial charge in [-0.25, -0.2) is 0 Å². The van der Waals surface area contributed by atoms with E-state index in [4.69, 9.17) is 0 Å². The molecule has 0 N–H and O–H groups in total. The van der Waals surface area contributed by atoms with Crippen molar-refractivity contribution >= 4 is 64.7 Å². The first-order valence-electron chi connectivity index (χ1n) is 17.5. The summed E-state index contributed by atoms with van der Waals surface area (Å²) in [6.07, 6.45) is 12.9. The van der Waals surface area contributed by atoms with Crippen molar-refractivity contribution in [3.8, 4) is 27.9 Å². The molecular formula is C47H31N3S. The molecule has 3 aromatic heterocycles. The van der Waals surface area contributed by atoms with Crippen LogP contribution in [-0.4, -0.2) is 15.6 Å². The Labute approximate surface area is 299 Å². The van der Waals surface area contributed by atoms with E-state index < -0.39 is 0 Å². The number of aromatic nitrogens is 2. The molecule has 2 unspecified atom stereocenters. The van der Waals surface area contributed by atoms with Crippen molar-refractivity contribution in [1.82, 2.24) is 9.55 Å². The van der Waals surface area contributed by atoms with Gasteiger partial charge in [0.15, 0.2) is 0 Å². The standard InChI is InChI=1S/C47H31N3S/c1-4-19-42-36(14-1)37-15-2-5-20-43(37)50(42)34-22-23-45-40(28-34)38-16-3-6-21-44(38)49(45)33-13-8-11-31(27-33)30-10-7-12-32(26-30)35-17-9-18-39-41-29-48-25-24-46(41)51-47(35)39/h1-29,36,42H. The van der Waals surface area contributed by atoms with E-state index in [1.165, 1.54) is 81.2 Å². The van der Waals surface area contributed by atoms with Crippen LogP contribution >= 0.6 is 11.3 Å². The molecule has 3 nitrogen and oxygen atoms in total. The van der Waals surface area contributed by atoms with Crippen LogP contribution in [-0.2, 0) is 0 Å². The van der Waals surface area contributed by atoms with E-state index in [9.17, 15) is 0 Å². The van der Waals surface area contributed by atoms with Gasteiger partial charge in [-0.2, -0.15) is 0 Å². The van der Waals surface area contributed by atoms with E-state index in [0.29, 0.717) is 5.92 Å². The number of hydrogen-bond donors (Lipinski definition) is 0. The van der Waals surface area contributed by atoms with Crippen LogP contribution in [0.1, 0.15) is 11.5 Å². The minimum atomic E-state index is 0.272. The second-order valence-corrected chi connectivity index (χ2v) is 14.6. The fraction of sp³-hybridized carbons (Fsp3) is 0.0426. The molecule has 0 saturated heterocycles. The highest BCUT2D eigenvalue weighted by Crippen LogP contribution is 2.48. The second-order valence-electron chi connectivity index (χ2n) is 13.6. The normalized spacial score (nSPS) is 16.4. The summed E-state index contributed by atoms with van der Waals surface area (Å²) in [7, 11) is 0. The van der Waals surface area contributed by atoms with E-state index in [0.717, 1.165) is 5.69 Å². The van der Waals surface area contributed by atoms with Crippen LogP contribution in [0.3, 0.4) is 0 Å². The molecule has 0 fully saturated rings. The minimum Gasteiger partial charge on any atom is -0.333 e. The summed E-state index contributed by atoms with van der Waals surface area (Å²) in [5.41, 5.74) is 12.4. The first kappa shape index (κ1) is 28.6. The van der Waals surface area contributed by atoms with Crippen molar-refractivity contribution in [3.63, 3.8) is 0 Å². The SMILES string of the molecule is C1=CC2c3ccccc3N(c3ccc4c(c3)c3ccccc3n4-c3cccc(-c4cccc(-c5cccc6c5sc5ccncc56)c4)c3)C2C=C1. The van der Waals surface area contributed by atoms with E-state index in [-0.39, 0.29) is 6.04 Å². The number of allylic oxidation sites excluding steroid dienone is 2. The molecule has 4 heteroatoms. The smallest absolute Gasteiger partial charge is 0.0629 e. The molecule has 0 spiro atoms. The molecule has 2 atom stereocenters. The second kappa shape index (κ2) is 11.1. The lowest BCUT2D eigenvalue weighted by Gasteiger charge is -2.28. The van der Waals surface area contributed by atoms with Crippen LogP contribution in [0.4, 0.5) is 11.4 Å². The molecule has 6 aromatic carbocycles. The number of para-hydroxylation sites is 2. The Morgan fingerprint density at radius 3 is 2.31 bits per heavy atom. The molecule has 1 aliphatic heterocycles. The fourth-order valence-corrected chi connectivity index (χ4v) is 9.74. The van der Waals surface area contributed by atoms with E-state index in [1.54, 1.807) is 0 Å². The molecule has 0 bridgehead atoms. The zero-order valence-corrected chi connectivity index (χ0v) is 28.5. The summed E-state index contributed by atoms with van der Waals surface area (Å²) in [6.45, 7) is 0. The summed E-state index contributed by atoms with van der Waals surface area (Å²) in [5, 5.41) is 5.01. The summed E-state index contributed by atoms with van der Waals surface area (Å²) >= 11 is 1.85. The molecular weight excluding hydrogens is 639 g/mol. The number of fused-ring (bicyclic) bond motifs is 9. The zero-order chi connectivity index (χ0) is 33.5. The summed E-state index contributed by atoms with van der Waals surface area (Å²) < 4.78 is 5.00. The average molecular weight is 670 g/mol. The van der Waals surface area contributed by atoms with Gasteiger partial charge in [0, 0.05) is 66.3 Å². The monoisotopic (exact) mass is 669 g/mol. The Morgan fingerprint density at radius 1 is 0.549 bits per heavy atom. The predicted molar refractivity (Wildman–Crippen MR) is 216 cm³/mol. The minimum absolute atomic E-state index is 0.272. The van der Waals surface area contributed by atoms with Crippen LogP contribution in [0.15, 0.2) is 176 Å². The van der Waals surface area contributed by atoms with Gasteiger partial charge in [-0.3, -0.25) is 4.98 Å². The lowest BCUT2D eigenvalue weighted by Crippen LogP contribution is -2.28. The van der Waals surface area contributed by atoms with Crippen LogP contribution < -0.4 is 4.90 Å². The van der Waals surface area contributed by atoms with E-state index >= 15 is 0 Å². The van der Waals surface area contributed by atoms with Gasteiger partial charge in [-0.1, -0.05) is 109 Å². The highest BCUT2D eigenvalue weighted by atomic mass is 32.1. The highest BCUT2D eigenvalue weighted by Gasteiger charge is 2.37. The molecule has 51 heavy (non-hydrogen) atoms. The topological polar surface area (TPSA) is 21.1 Å². The Balaban J connectivity index is 1.03. The van der Waals surface area contributed by atoms with Crippen LogP contribution in [0.25, 0.3) is 69.9 Å². The quantitative estimate of drug-likeness (QED) is 0.186. The Hall–Kier alpha value is -6.23. The van der Waals surface area contributed by atoms with E-state index in [1.807, 2.05) is 23.7 Å². The number of rotatable bonds is 4. The van der Waals surface area contributed by atoms with Crippen molar-refractivity contribution in [1.29, 1.82) is 0 Å². The average Bonchev–Trinajstić information content (AvgIpc) is 3.86. The third-order valence-corrected chi connectivity index (χ3v) is 12.0. The molecule has 4 heterocycles. The van der Waals surface area contributed by atoms with Crippen molar-refractivity contribution in [2.45, 2.75) is 12.0 Å². The molecule has 2 aliphatic rings. The third-order valence-electron chi connectivity index (χ3n) is 10.8. The highest BCUT2D eigenvalue weighted by molar-refractivity contribution is 7.26. The molecule has 0 saturated carbocycles. The van der Waals surface area contributed by atoms with Crippen molar-refractivity contribution in [2.24, 2.45) is 0 Å². The molecule has 9 aromatic rings. The Kier molecular flexibility index (Phi) is 6.25. The van der Waals surface area contributed by atoms with Gasteiger partial charge in [0.1, 0.15) is 0 Å². The number of hydrogen-bond acceptors (Lipinski definition) is 3. The maximum absolute atomic E-state index is 4.40. The van der Waals surface area contributed by atoms with E-state index in [2.05, 4.69) is 178 Å². The number of nitrogens with zero attached hydrogens (tertiary/aromatic N) is 3. The number of anilines is 2. The fourth-order valence-electron chi connectivity index (χ4n) is 8.54. The summed E-state index contributed by atoms with van der Waals surface area (Å²) in [5.74, 6) is 0.361.